The number of halogens is 1. The normalized spacial score (nSPS) is 11.2. The van der Waals surface area contributed by atoms with Crippen molar-refractivity contribution in [3.8, 4) is 5.75 Å². The highest BCUT2D eigenvalue weighted by Gasteiger charge is 2.07. The number of fused-ring (bicyclic) bond motifs is 1. The van der Waals surface area contributed by atoms with Gasteiger partial charge in [0.25, 0.3) is 0 Å². The fourth-order valence-electron chi connectivity index (χ4n) is 2.20. The van der Waals surface area contributed by atoms with Crippen LogP contribution in [-0.2, 0) is 6.61 Å². The van der Waals surface area contributed by atoms with Crippen LogP contribution in [0.5, 0.6) is 5.75 Å². The zero-order valence-electron chi connectivity index (χ0n) is 12.1. The number of benzene rings is 1. The number of ether oxygens (including phenoxy) is 1. The number of H-pyrrole nitrogens is 1. The van der Waals surface area contributed by atoms with E-state index in [9.17, 15) is 0 Å². The van der Waals surface area contributed by atoms with Crippen molar-refractivity contribution in [1.82, 2.24) is 9.97 Å². The van der Waals surface area contributed by atoms with Gasteiger partial charge in [0.2, 0.25) is 0 Å². The van der Waals surface area contributed by atoms with Gasteiger partial charge >= 0.3 is 0 Å². The molecule has 3 nitrogen and oxygen atoms in total. The highest BCUT2D eigenvalue weighted by atomic mass is 35.5. The molecule has 0 saturated heterocycles. The summed E-state index contributed by atoms with van der Waals surface area (Å²) >= 11 is 6.27. The summed E-state index contributed by atoms with van der Waals surface area (Å²) in [5.41, 5.74) is 2.95. The first-order valence-electron chi connectivity index (χ1n) is 6.99. The fourth-order valence-corrected chi connectivity index (χ4v) is 2.44. The zero-order chi connectivity index (χ0) is 14.8. The van der Waals surface area contributed by atoms with Crippen LogP contribution < -0.4 is 4.74 Å². The molecule has 0 aliphatic carbocycles. The standard InChI is InChI=1S/C17H17ClN2O/c1-11(2)13-4-6-16(15(18)9-13)21-10-14-5-3-12-7-8-19-17(12)20-14/h3-9,11H,10H2,1-2H3,(H,19,20). The Kier molecular flexibility index (Phi) is 3.84. The van der Waals surface area contributed by atoms with Crippen molar-refractivity contribution in [3.63, 3.8) is 0 Å². The third kappa shape index (κ3) is 3.03. The van der Waals surface area contributed by atoms with Crippen LogP contribution in [0.1, 0.15) is 31.0 Å². The Morgan fingerprint density at radius 3 is 2.81 bits per heavy atom. The first kappa shape index (κ1) is 14.0. The van der Waals surface area contributed by atoms with Crippen molar-refractivity contribution in [2.75, 3.05) is 0 Å². The maximum Gasteiger partial charge on any atom is 0.138 e. The molecule has 2 aromatic heterocycles. The molecule has 0 fully saturated rings. The van der Waals surface area contributed by atoms with E-state index < -0.39 is 0 Å². The van der Waals surface area contributed by atoms with Gasteiger partial charge in [-0.1, -0.05) is 31.5 Å². The van der Waals surface area contributed by atoms with Gasteiger partial charge < -0.3 is 9.72 Å². The Balaban J connectivity index is 1.74. The van der Waals surface area contributed by atoms with Gasteiger partial charge in [-0.2, -0.15) is 0 Å². The van der Waals surface area contributed by atoms with Gasteiger partial charge in [0.05, 0.1) is 10.7 Å². The maximum absolute atomic E-state index is 6.27. The predicted octanol–water partition coefficient (Wildman–Crippen LogP) is 4.92. The average Bonchev–Trinajstić information content (AvgIpc) is 2.93. The molecule has 0 unspecified atom stereocenters. The number of aromatic amines is 1. The van der Waals surface area contributed by atoms with Crippen molar-refractivity contribution in [3.05, 3.63) is 58.9 Å². The molecule has 0 aliphatic heterocycles. The molecule has 0 bridgehead atoms. The zero-order valence-corrected chi connectivity index (χ0v) is 12.8. The van der Waals surface area contributed by atoms with E-state index in [1.54, 1.807) is 0 Å². The summed E-state index contributed by atoms with van der Waals surface area (Å²) in [5, 5.41) is 1.74. The van der Waals surface area contributed by atoms with E-state index in [1.807, 2.05) is 42.6 Å². The predicted molar refractivity (Wildman–Crippen MR) is 86.0 cm³/mol. The first-order chi connectivity index (χ1) is 10.1. The molecule has 4 heteroatoms. The topological polar surface area (TPSA) is 37.9 Å². The van der Waals surface area contributed by atoms with Crippen LogP contribution in [0, 0.1) is 0 Å². The number of aromatic nitrogens is 2. The minimum atomic E-state index is 0.399. The third-order valence-electron chi connectivity index (χ3n) is 3.47. The summed E-state index contributed by atoms with van der Waals surface area (Å²) in [6, 6.07) is 11.9. The van der Waals surface area contributed by atoms with Gasteiger partial charge in [0.15, 0.2) is 0 Å². The summed E-state index contributed by atoms with van der Waals surface area (Å²) in [5.74, 6) is 1.14. The van der Waals surface area contributed by atoms with E-state index >= 15 is 0 Å². The molecule has 0 spiro atoms. The van der Waals surface area contributed by atoms with Crippen molar-refractivity contribution in [2.24, 2.45) is 0 Å². The molecule has 21 heavy (non-hydrogen) atoms. The molecule has 0 atom stereocenters. The maximum atomic E-state index is 6.27. The molecule has 3 aromatic rings. The van der Waals surface area contributed by atoms with E-state index in [1.165, 1.54) is 5.56 Å². The summed E-state index contributed by atoms with van der Waals surface area (Å²) in [6.07, 6.45) is 1.88. The fraction of sp³-hybridized carbons (Fsp3) is 0.235. The Labute approximate surface area is 128 Å². The second kappa shape index (κ2) is 5.78. The summed E-state index contributed by atoms with van der Waals surface area (Å²) in [7, 11) is 0. The van der Waals surface area contributed by atoms with Crippen LogP contribution >= 0.6 is 11.6 Å². The summed E-state index contributed by atoms with van der Waals surface area (Å²) in [4.78, 5) is 7.60. The molecule has 0 radical (unpaired) electrons. The molecule has 108 valence electrons. The smallest absolute Gasteiger partial charge is 0.138 e. The summed E-state index contributed by atoms with van der Waals surface area (Å²) < 4.78 is 5.77. The van der Waals surface area contributed by atoms with Crippen LogP contribution in [0.15, 0.2) is 42.6 Å². The lowest BCUT2D eigenvalue weighted by Crippen LogP contribution is -1.99. The number of hydrogen-bond acceptors (Lipinski definition) is 2. The van der Waals surface area contributed by atoms with E-state index in [2.05, 4.69) is 23.8 Å². The molecule has 3 rings (SSSR count). The SMILES string of the molecule is CC(C)c1ccc(OCc2ccc3cc[nH]c3n2)c(Cl)c1. The van der Waals surface area contributed by atoms with Crippen molar-refractivity contribution in [1.29, 1.82) is 0 Å². The highest BCUT2D eigenvalue weighted by molar-refractivity contribution is 6.32. The molecule has 0 saturated carbocycles. The molecule has 0 aliphatic rings. The number of hydrogen-bond donors (Lipinski definition) is 1. The molecule has 0 amide bonds. The largest absolute Gasteiger partial charge is 0.486 e. The third-order valence-corrected chi connectivity index (χ3v) is 3.76. The van der Waals surface area contributed by atoms with Crippen LogP contribution in [0.2, 0.25) is 5.02 Å². The van der Waals surface area contributed by atoms with Crippen LogP contribution in [0.3, 0.4) is 0 Å². The molecule has 1 aromatic carbocycles. The molecule has 2 heterocycles. The first-order valence-corrected chi connectivity index (χ1v) is 7.36. The van der Waals surface area contributed by atoms with E-state index in [0.29, 0.717) is 23.3 Å². The van der Waals surface area contributed by atoms with Gasteiger partial charge in [-0.25, -0.2) is 4.98 Å². The Bertz CT molecular complexity index is 764. The minimum absolute atomic E-state index is 0.399. The Hall–Kier alpha value is -2.00. The monoisotopic (exact) mass is 300 g/mol. The van der Waals surface area contributed by atoms with E-state index in [4.69, 9.17) is 16.3 Å². The van der Waals surface area contributed by atoms with Gasteiger partial charge in [0, 0.05) is 11.6 Å². The van der Waals surface area contributed by atoms with Crippen LogP contribution in [0.4, 0.5) is 0 Å². The number of nitrogens with one attached hydrogen (secondary N) is 1. The van der Waals surface area contributed by atoms with Crippen molar-refractivity contribution < 1.29 is 4.74 Å². The Morgan fingerprint density at radius 2 is 2.05 bits per heavy atom. The van der Waals surface area contributed by atoms with Crippen molar-refractivity contribution in [2.45, 2.75) is 26.4 Å². The van der Waals surface area contributed by atoms with Gasteiger partial charge in [-0.3, -0.25) is 0 Å². The molecular formula is C17H17ClN2O. The second-order valence-corrected chi connectivity index (χ2v) is 5.76. The number of rotatable bonds is 4. The van der Waals surface area contributed by atoms with E-state index in [-0.39, 0.29) is 0 Å². The van der Waals surface area contributed by atoms with Crippen LogP contribution in [-0.4, -0.2) is 9.97 Å². The quantitative estimate of drug-likeness (QED) is 0.742. The van der Waals surface area contributed by atoms with Gasteiger partial charge in [0.1, 0.15) is 18.0 Å². The van der Waals surface area contributed by atoms with Gasteiger partial charge in [-0.15, -0.1) is 0 Å². The van der Waals surface area contributed by atoms with Crippen molar-refractivity contribution >= 4 is 22.6 Å². The second-order valence-electron chi connectivity index (χ2n) is 5.35. The van der Waals surface area contributed by atoms with E-state index in [0.717, 1.165) is 16.7 Å². The lowest BCUT2D eigenvalue weighted by molar-refractivity contribution is 0.302. The number of pyridine rings is 1. The van der Waals surface area contributed by atoms with Gasteiger partial charge in [-0.05, 0) is 41.8 Å². The average molecular weight is 301 g/mol. The van der Waals surface area contributed by atoms with Crippen LogP contribution in [0.25, 0.3) is 11.0 Å². The summed E-state index contributed by atoms with van der Waals surface area (Å²) in [6.45, 7) is 4.68. The molecular weight excluding hydrogens is 284 g/mol. The number of nitrogens with zero attached hydrogens (tertiary/aromatic N) is 1. The highest BCUT2D eigenvalue weighted by Crippen LogP contribution is 2.29. The lowest BCUT2D eigenvalue weighted by atomic mass is 10.0. The lowest BCUT2D eigenvalue weighted by Gasteiger charge is -2.11. The molecule has 1 N–H and O–H groups in total. The Morgan fingerprint density at radius 1 is 1.19 bits per heavy atom. The minimum Gasteiger partial charge on any atom is -0.486 e.